The Hall–Kier alpha value is -1.81. The summed E-state index contributed by atoms with van der Waals surface area (Å²) in [4.78, 5) is 12.9. The van der Waals surface area contributed by atoms with Crippen molar-refractivity contribution < 1.29 is 13.9 Å². The van der Waals surface area contributed by atoms with Gasteiger partial charge in [0.05, 0.1) is 19.0 Å². The zero-order valence-electron chi connectivity index (χ0n) is 18.3. The molecule has 3 heterocycles. The normalized spacial score (nSPS) is 26.7. The summed E-state index contributed by atoms with van der Waals surface area (Å²) >= 11 is 0. The highest BCUT2D eigenvalue weighted by Gasteiger charge is 2.51. The molecule has 0 radical (unpaired) electrons. The highest BCUT2D eigenvalue weighted by atomic mass is 28.4. The zero-order chi connectivity index (χ0) is 21.2. The van der Waals surface area contributed by atoms with Crippen LogP contribution in [0.4, 0.5) is 5.82 Å². The van der Waals surface area contributed by atoms with Crippen LogP contribution in [0.1, 0.15) is 40.7 Å². The second kappa shape index (κ2) is 6.60. The Morgan fingerprint density at radius 3 is 2.62 bits per heavy atom. The van der Waals surface area contributed by atoms with Crippen LogP contribution in [0.3, 0.4) is 0 Å². The molecule has 3 atom stereocenters. The molecule has 0 unspecified atom stereocenters. The van der Waals surface area contributed by atoms with Crippen molar-refractivity contribution in [3.8, 4) is 0 Å². The monoisotopic (exact) mass is 417 g/mol. The molecule has 0 spiro atoms. The van der Waals surface area contributed by atoms with Crippen molar-refractivity contribution in [3.05, 3.63) is 24.3 Å². The number of hydrogen-bond donors (Lipinski definition) is 1. The number of nitrogens with two attached hydrogens (primary N) is 1. The molecule has 1 aliphatic heterocycles. The summed E-state index contributed by atoms with van der Waals surface area (Å²) in [5.74, 6) is -0.285. The second-order valence-electron chi connectivity index (χ2n) is 9.88. The Labute approximate surface area is 172 Å². The van der Waals surface area contributed by atoms with Gasteiger partial charge >= 0.3 is 0 Å². The third-order valence-corrected chi connectivity index (χ3v) is 10.8. The predicted molar refractivity (Wildman–Crippen MR) is 114 cm³/mol. The summed E-state index contributed by atoms with van der Waals surface area (Å²) in [7, 11) is -1.88. The summed E-state index contributed by atoms with van der Waals surface area (Å²) in [6, 6.07) is -0.0981. The summed E-state index contributed by atoms with van der Waals surface area (Å²) in [5, 5.41) is 0.145. The maximum absolute atomic E-state index is 6.49. The molecular weight excluding hydrogens is 386 g/mol. The van der Waals surface area contributed by atoms with Crippen molar-refractivity contribution >= 4 is 25.3 Å². The van der Waals surface area contributed by atoms with Gasteiger partial charge in [0, 0.05) is 0 Å². The number of fused-ring (bicyclic) bond motifs is 2. The van der Waals surface area contributed by atoms with E-state index in [0.29, 0.717) is 23.6 Å². The van der Waals surface area contributed by atoms with Crippen LogP contribution in [0.2, 0.25) is 18.1 Å². The van der Waals surface area contributed by atoms with E-state index < -0.39 is 14.1 Å². The first kappa shape index (κ1) is 20.5. The Kier molecular flexibility index (Phi) is 4.65. The molecule has 2 N–H and O–H groups in total. The minimum Gasteiger partial charge on any atom is -0.413 e. The van der Waals surface area contributed by atoms with Crippen molar-refractivity contribution in [3.63, 3.8) is 0 Å². The fraction of sp³-hybridized carbons (Fsp3) is 0.650. The number of ether oxygens (including phenoxy) is 2. The average molecular weight is 418 g/mol. The number of aromatic nitrogens is 4. The average Bonchev–Trinajstić information content (AvgIpc) is 3.24. The van der Waals surface area contributed by atoms with Gasteiger partial charge in [-0.1, -0.05) is 26.8 Å². The summed E-state index contributed by atoms with van der Waals surface area (Å²) in [6.07, 6.45) is 5.06. The molecule has 0 amide bonds. The minimum atomic E-state index is -1.88. The SMILES string of the molecule is CC1(C)O[C@@H]2[C@H](O1)C(CO[Si](C)(C)C(C)(C)C)=C[C@H]2n1cnc2c(N)ncnc21. The van der Waals surface area contributed by atoms with Crippen LogP contribution in [-0.4, -0.2) is 52.4 Å². The molecule has 158 valence electrons. The van der Waals surface area contributed by atoms with E-state index >= 15 is 0 Å². The molecule has 1 saturated heterocycles. The lowest BCUT2D eigenvalue weighted by molar-refractivity contribution is -0.148. The quantitative estimate of drug-likeness (QED) is 0.601. The lowest BCUT2D eigenvalue weighted by Crippen LogP contribution is -2.41. The zero-order valence-corrected chi connectivity index (χ0v) is 19.3. The van der Waals surface area contributed by atoms with Crippen LogP contribution in [0, 0.1) is 0 Å². The lowest BCUT2D eigenvalue weighted by Gasteiger charge is -2.36. The number of nitrogen functional groups attached to an aromatic ring is 1. The Morgan fingerprint density at radius 2 is 1.93 bits per heavy atom. The molecule has 1 aliphatic carbocycles. The molecule has 0 bridgehead atoms. The third-order valence-electron chi connectivity index (χ3n) is 6.33. The van der Waals surface area contributed by atoms with E-state index in [0.717, 1.165) is 5.57 Å². The van der Waals surface area contributed by atoms with E-state index in [1.807, 2.05) is 18.4 Å². The van der Waals surface area contributed by atoms with Crippen LogP contribution in [0.5, 0.6) is 0 Å². The third kappa shape index (κ3) is 3.50. The molecule has 4 rings (SSSR count). The van der Waals surface area contributed by atoms with Gasteiger partial charge in [0.15, 0.2) is 25.6 Å². The Morgan fingerprint density at radius 1 is 1.21 bits per heavy atom. The molecule has 0 saturated carbocycles. The highest BCUT2D eigenvalue weighted by Crippen LogP contribution is 2.45. The van der Waals surface area contributed by atoms with E-state index in [2.05, 4.69) is 54.9 Å². The van der Waals surface area contributed by atoms with Crippen molar-refractivity contribution in [1.29, 1.82) is 0 Å². The smallest absolute Gasteiger partial charge is 0.192 e. The van der Waals surface area contributed by atoms with Crippen molar-refractivity contribution in [1.82, 2.24) is 19.5 Å². The molecule has 2 aromatic rings. The predicted octanol–water partition coefficient (Wildman–Crippen LogP) is 3.43. The van der Waals surface area contributed by atoms with E-state index in [1.165, 1.54) is 6.33 Å². The number of imidazole rings is 1. The van der Waals surface area contributed by atoms with Gasteiger partial charge in [-0.25, -0.2) is 15.0 Å². The standard InChI is InChI=1S/C20H31N5O3Si/c1-19(2,3)29(6,7)26-9-12-8-13(16-15(12)27-20(4,5)28-16)25-11-24-14-17(21)22-10-23-18(14)25/h8,10-11,13,15-16H,9H2,1-7H3,(H2,21,22,23)/t13-,15-,16+/m1/s1. The first-order valence-electron chi connectivity index (χ1n) is 10.0. The molecule has 1 fully saturated rings. The van der Waals surface area contributed by atoms with Crippen LogP contribution in [0.25, 0.3) is 11.2 Å². The molecule has 0 aromatic carbocycles. The molecule has 29 heavy (non-hydrogen) atoms. The molecular formula is C20H31N5O3Si. The maximum atomic E-state index is 6.49. The topological polar surface area (TPSA) is 97.3 Å². The summed E-state index contributed by atoms with van der Waals surface area (Å²) in [5.41, 5.74) is 8.37. The highest BCUT2D eigenvalue weighted by molar-refractivity contribution is 6.74. The summed E-state index contributed by atoms with van der Waals surface area (Å²) in [6.45, 7) is 15.7. The largest absolute Gasteiger partial charge is 0.413 e. The van der Waals surface area contributed by atoms with Gasteiger partial charge in [0.25, 0.3) is 0 Å². The van der Waals surface area contributed by atoms with Crippen molar-refractivity contribution in [2.75, 3.05) is 12.3 Å². The van der Waals surface area contributed by atoms with Gasteiger partial charge in [-0.15, -0.1) is 0 Å². The Bertz CT molecular complexity index is 963. The number of hydrogen-bond acceptors (Lipinski definition) is 7. The Balaban J connectivity index is 1.67. The van der Waals surface area contributed by atoms with E-state index in [4.69, 9.17) is 19.6 Å². The van der Waals surface area contributed by atoms with Crippen molar-refractivity contribution in [2.45, 2.75) is 76.8 Å². The molecule has 8 nitrogen and oxygen atoms in total. The van der Waals surface area contributed by atoms with Gasteiger partial charge in [0.1, 0.15) is 24.1 Å². The van der Waals surface area contributed by atoms with E-state index in [1.54, 1.807) is 6.33 Å². The molecule has 2 aliphatic rings. The first-order valence-corrected chi connectivity index (χ1v) is 12.9. The van der Waals surface area contributed by atoms with Gasteiger partial charge in [-0.3, -0.25) is 0 Å². The van der Waals surface area contributed by atoms with E-state index in [-0.39, 0.29) is 23.3 Å². The fourth-order valence-corrected chi connectivity index (χ4v) is 4.63. The number of rotatable bonds is 4. The van der Waals surface area contributed by atoms with Crippen LogP contribution < -0.4 is 5.73 Å². The van der Waals surface area contributed by atoms with Crippen LogP contribution in [-0.2, 0) is 13.9 Å². The fourth-order valence-electron chi connectivity index (χ4n) is 3.67. The van der Waals surface area contributed by atoms with Gasteiger partial charge in [-0.05, 0) is 37.6 Å². The maximum Gasteiger partial charge on any atom is 0.192 e. The van der Waals surface area contributed by atoms with Crippen LogP contribution >= 0.6 is 0 Å². The number of anilines is 1. The summed E-state index contributed by atoms with van der Waals surface area (Å²) < 4.78 is 21.0. The number of nitrogens with zero attached hydrogens (tertiary/aromatic N) is 4. The van der Waals surface area contributed by atoms with Gasteiger partial charge in [-0.2, -0.15) is 0 Å². The van der Waals surface area contributed by atoms with Crippen molar-refractivity contribution in [2.24, 2.45) is 0 Å². The first-order chi connectivity index (χ1) is 13.4. The second-order valence-corrected chi connectivity index (χ2v) is 14.7. The van der Waals surface area contributed by atoms with Gasteiger partial charge < -0.3 is 24.2 Å². The molecule has 2 aromatic heterocycles. The minimum absolute atomic E-state index is 0.0981. The molecule has 9 heteroatoms. The van der Waals surface area contributed by atoms with E-state index in [9.17, 15) is 0 Å². The lowest BCUT2D eigenvalue weighted by atomic mass is 10.1. The van der Waals surface area contributed by atoms with Gasteiger partial charge in [0.2, 0.25) is 0 Å². The van der Waals surface area contributed by atoms with Crippen LogP contribution in [0.15, 0.2) is 24.3 Å².